The van der Waals surface area contributed by atoms with Crippen molar-refractivity contribution in [1.82, 2.24) is 5.32 Å². The first-order valence-corrected chi connectivity index (χ1v) is 41.7. The highest BCUT2D eigenvalue weighted by Gasteiger charge is 2.51. The van der Waals surface area contributed by atoms with Crippen LogP contribution in [0.25, 0.3) is 0 Å². The lowest BCUT2D eigenvalue weighted by molar-refractivity contribution is -0.359. The minimum atomic E-state index is -1.79. The Kier molecular flexibility index (Phi) is 64.0. The topological polar surface area (TPSA) is 228 Å². The number of aliphatic hydroxyl groups is 8. The van der Waals surface area contributed by atoms with Crippen LogP contribution < -0.4 is 5.32 Å². The number of allylic oxidation sites excluding steroid dienone is 11. The molecule has 0 aliphatic carbocycles. The molecule has 0 radical (unpaired) electrons. The molecule has 0 aromatic carbocycles. The standard InChI is InChI=1S/C85H155NO13/c1-3-5-7-9-11-13-15-17-19-21-23-25-27-29-30-31-32-33-34-35-36-37-38-39-40-41-42-43-44-45-47-49-51-53-55-57-59-61-63-65-67-69-77(90)86-73(72-96-84-82(95)80(93)83(76(71-88)98-84)99-85-81(94)79(92)78(91)75(70-87)97-85)74(89)68-66-64-62-60-58-56-54-52-50-48-46-28-26-24-22-20-18-16-14-12-10-8-6-4-2/h15,17,21,23,27,29,50,52,58,60,66,68,73-76,78-85,87-89,91-95H,3-14,16,18-20,22,24-26,28,30-49,51,53-57,59,61-65,67,69-72H2,1-2H3,(H,86,90)/b17-15-,23-21-,29-27-,52-50+,60-58+,68-66+. The van der Waals surface area contributed by atoms with Gasteiger partial charge in [0.1, 0.15) is 48.8 Å². The first-order chi connectivity index (χ1) is 48.6. The summed E-state index contributed by atoms with van der Waals surface area (Å²) in [7, 11) is 0. The predicted octanol–water partition coefficient (Wildman–Crippen LogP) is 19.3. The minimum absolute atomic E-state index is 0.247. The molecule has 14 heteroatoms. The number of ether oxygens (including phenoxy) is 4. The van der Waals surface area contributed by atoms with Crippen LogP contribution in [0.15, 0.2) is 72.9 Å². The van der Waals surface area contributed by atoms with Crippen LogP contribution in [0.5, 0.6) is 0 Å². The number of hydrogen-bond acceptors (Lipinski definition) is 13. The smallest absolute Gasteiger partial charge is 0.220 e. The van der Waals surface area contributed by atoms with Gasteiger partial charge in [0.25, 0.3) is 0 Å². The van der Waals surface area contributed by atoms with E-state index >= 15 is 0 Å². The van der Waals surface area contributed by atoms with Gasteiger partial charge < -0.3 is 65.1 Å². The van der Waals surface area contributed by atoms with E-state index in [1.165, 1.54) is 276 Å². The molecule has 9 N–H and O–H groups in total. The number of unbranched alkanes of at least 4 members (excludes halogenated alkanes) is 47. The quantitative estimate of drug-likeness (QED) is 0.0204. The Morgan fingerprint density at radius 1 is 0.364 bits per heavy atom. The van der Waals surface area contributed by atoms with Crippen molar-refractivity contribution in [2.75, 3.05) is 19.8 Å². The van der Waals surface area contributed by atoms with Gasteiger partial charge in [-0.15, -0.1) is 0 Å². The second-order valence-electron chi connectivity index (χ2n) is 29.2. The van der Waals surface area contributed by atoms with Gasteiger partial charge in [-0.1, -0.05) is 350 Å². The van der Waals surface area contributed by atoms with Crippen LogP contribution >= 0.6 is 0 Å². The first-order valence-electron chi connectivity index (χ1n) is 41.7. The molecule has 2 aliphatic heterocycles. The molecule has 99 heavy (non-hydrogen) atoms. The summed E-state index contributed by atoms with van der Waals surface area (Å²) in [5.74, 6) is -0.247. The largest absolute Gasteiger partial charge is 0.394 e. The Balaban J connectivity index is 1.58. The van der Waals surface area contributed by atoms with E-state index in [0.29, 0.717) is 12.8 Å². The van der Waals surface area contributed by atoms with E-state index in [0.717, 1.165) is 57.8 Å². The Hall–Kier alpha value is -2.57. The van der Waals surface area contributed by atoms with Gasteiger partial charge in [0.05, 0.1) is 32.0 Å². The van der Waals surface area contributed by atoms with Crippen LogP contribution in [0.2, 0.25) is 0 Å². The summed E-state index contributed by atoms with van der Waals surface area (Å²) in [5, 5.41) is 87.6. The second kappa shape index (κ2) is 68.5. The van der Waals surface area contributed by atoms with Gasteiger partial charge in [-0.25, -0.2) is 0 Å². The van der Waals surface area contributed by atoms with Crippen LogP contribution in [-0.4, -0.2) is 140 Å². The van der Waals surface area contributed by atoms with Crippen LogP contribution in [0.1, 0.15) is 367 Å². The molecule has 12 unspecified atom stereocenters. The number of rotatable bonds is 70. The number of amides is 1. The molecule has 0 aromatic heterocycles. The van der Waals surface area contributed by atoms with Gasteiger partial charge in [0.15, 0.2) is 12.6 Å². The van der Waals surface area contributed by atoms with Crippen molar-refractivity contribution < 1.29 is 64.6 Å². The summed E-state index contributed by atoms with van der Waals surface area (Å²) >= 11 is 0. The molecule has 1 amide bonds. The molecular weight excluding hydrogens is 1240 g/mol. The van der Waals surface area contributed by atoms with Crippen molar-refractivity contribution in [1.29, 1.82) is 0 Å². The average Bonchev–Trinajstić information content (AvgIpc) is 0.799. The maximum Gasteiger partial charge on any atom is 0.220 e. The molecule has 12 atom stereocenters. The lowest BCUT2D eigenvalue weighted by Gasteiger charge is -2.46. The van der Waals surface area contributed by atoms with Gasteiger partial charge in [-0.2, -0.15) is 0 Å². The zero-order valence-electron chi connectivity index (χ0n) is 63.5. The summed E-state index contributed by atoms with van der Waals surface area (Å²) in [6.45, 7) is 2.81. The number of carbonyl (C=O) groups is 1. The normalized spacial score (nSPS) is 22.3. The molecule has 2 rings (SSSR count). The SMILES string of the molecule is CCCCCCC/C=C\C/C=C\C/C=C\CCCCCCCCCCCCCCCCCCCCCCCCCCCCC(=O)NC(COC1OC(CO)C(OC2OC(CO)C(O)C(O)C2O)C(O)C1O)C(O)/C=C/CC/C=C/CC/C=C/CCCCCCCCCCCCCCCC. The van der Waals surface area contributed by atoms with E-state index in [1.54, 1.807) is 6.08 Å². The summed E-state index contributed by atoms with van der Waals surface area (Å²) in [4.78, 5) is 13.4. The number of carbonyl (C=O) groups excluding carboxylic acids is 1. The molecule has 578 valence electrons. The fraction of sp³-hybridized carbons (Fsp3) is 0.847. The van der Waals surface area contributed by atoms with E-state index < -0.39 is 86.8 Å². The number of hydrogen-bond donors (Lipinski definition) is 9. The van der Waals surface area contributed by atoms with Crippen LogP contribution in [0.3, 0.4) is 0 Å². The van der Waals surface area contributed by atoms with Gasteiger partial charge in [-0.05, 0) is 83.5 Å². The highest BCUT2D eigenvalue weighted by Crippen LogP contribution is 2.30. The third-order valence-electron chi connectivity index (χ3n) is 20.1. The molecule has 0 bridgehead atoms. The van der Waals surface area contributed by atoms with Crippen molar-refractivity contribution >= 4 is 5.91 Å². The fourth-order valence-electron chi connectivity index (χ4n) is 13.5. The van der Waals surface area contributed by atoms with E-state index in [2.05, 4.69) is 79.9 Å². The summed E-state index contributed by atoms with van der Waals surface area (Å²) in [6, 6.07) is -0.941. The second-order valence-corrected chi connectivity index (χ2v) is 29.2. The Labute approximate surface area is 606 Å². The summed E-state index contributed by atoms with van der Waals surface area (Å²) < 4.78 is 22.9. The molecule has 2 heterocycles. The number of aliphatic hydroxyl groups excluding tert-OH is 8. The number of nitrogens with one attached hydrogen (secondary N) is 1. The average molecular weight is 1400 g/mol. The van der Waals surface area contributed by atoms with Crippen LogP contribution in [0.4, 0.5) is 0 Å². The van der Waals surface area contributed by atoms with Gasteiger partial charge >= 0.3 is 0 Å². The van der Waals surface area contributed by atoms with Gasteiger partial charge in [0, 0.05) is 6.42 Å². The van der Waals surface area contributed by atoms with E-state index in [4.69, 9.17) is 18.9 Å². The molecule has 0 aromatic rings. The Bertz CT molecular complexity index is 1940. The zero-order chi connectivity index (χ0) is 71.5. The fourth-order valence-corrected chi connectivity index (χ4v) is 13.5. The van der Waals surface area contributed by atoms with Gasteiger partial charge in [0.2, 0.25) is 5.91 Å². The van der Waals surface area contributed by atoms with E-state index in [9.17, 15) is 45.6 Å². The summed E-state index contributed by atoms with van der Waals surface area (Å²) in [5.41, 5.74) is 0. The van der Waals surface area contributed by atoms with Crippen LogP contribution in [0, 0.1) is 0 Å². The zero-order valence-corrected chi connectivity index (χ0v) is 63.5. The molecule has 2 aliphatic rings. The molecule has 0 saturated carbocycles. The molecule has 2 saturated heterocycles. The van der Waals surface area contributed by atoms with Crippen molar-refractivity contribution in [3.8, 4) is 0 Å². The molecular formula is C85H155NO13. The third kappa shape index (κ3) is 51.3. The van der Waals surface area contributed by atoms with Crippen molar-refractivity contribution in [3.05, 3.63) is 72.9 Å². The first kappa shape index (κ1) is 92.5. The van der Waals surface area contributed by atoms with E-state index in [-0.39, 0.29) is 18.9 Å². The Morgan fingerprint density at radius 2 is 0.677 bits per heavy atom. The van der Waals surface area contributed by atoms with Crippen molar-refractivity contribution in [3.63, 3.8) is 0 Å². The predicted molar refractivity (Wildman–Crippen MR) is 410 cm³/mol. The molecule has 14 nitrogen and oxygen atoms in total. The lowest BCUT2D eigenvalue weighted by Crippen LogP contribution is -2.65. The highest BCUT2D eigenvalue weighted by atomic mass is 16.7. The summed E-state index contributed by atoms with van der Waals surface area (Å²) in [6.07, 6.45) is 78.6. The van der Waals surface area contributed by atoms with Crippen molar-refractivity contribution in [2.45, 2.75) is 441 Å². The van der Waals surface area contributed by atoms with Gasteiger partial charge in [-0.3, -0.25) is 4.79 Å². The van der Waals surface area contributed by atoms with E-state index in [1.807, 2.05) is 6.08 Å². The van der Waals surface area contributed by atoms with Crippen molar-refractivity contribution in [2.24, 2.45) is 0 Å². The van der Waals surface area contributed by atoms with Crippen LogP contribution in [-0.2, 0) is 23.7 Å². The maximum absolute atomic E-state index is 13.4. The lowest BCUT2D eigenvalue weighted by atomic mass is 9.97. The monoisotopic (exact) mass is 1400 g/mol. The molecule has 2 fully saturated rings. The third-order valence-corrected chi connectivity index (χ3v) is 20.1. The highest BCUT2D eigenvalue weighted by molar-refractivity contribution is 5.76. The Morgan fingerprint density at radius 3 is 1.06 bits per heavy atom. The molecule has 0 spiro atoms. The minimum Gasteiger partial charge on any atom is -0.394 e. The maximum atomic E-state index is 13.4.